The fourth-order valence-electron chi connectivity index (χ4n) is 7.84. The van der Waals surface area contributed by atoms with Crippen LogP contribution >= 0.6 is 31.9 Å². The number of anilines is 2. The SMILES string of the molecule is C.C=[C-]Nc1ncccc1[C-]1CCN(C(C)C)CC1.CC(C)n1c(=O)[nH]c2ccccc21.CC(C)n1c(=O)[nH]c2nc(Br)c(Br)cc21.CN1C(=O)N(C(C)(C)C)CCc2ccccc21.[Y]. The molecule has 349 valence electrons. The van der Waals surface area contributed by atoms with Crippen molar-refractivity contribution in [3.8, 4) is 0 Å². The summed E-state index contributed by atoms with van der Waals surface area (Å²) in [5.41, 5.74) is 6.50. The van der Waals surface area contributed by atoms with Crippen LogP contribution in [-0.4, -0.2) is 83.2 Å². The first-order valence-corrected chi connectivity index (χ1v) is 23.0. The molecule has 0 saturated carbocycles. The molecule has 2 aliphatic rings. The molecule has 2 aliphatic heterocycles. The molecule has 0 spiro atoms. The van der Waals surface area contributed by atoms with Gasteiger partial charge in [0.1, 0.15) is 4.60 Å². The van der Waals surface area contributed by atoms with Gasteiger partial charge in [-0.1, -0.05) is 50.6 Å². The van der Waals surface area contributed by atoms with Crippen LogP contribution < -0.4 is 21.6 Å². The first-order chi connectivity index (χ1) is 29.8. The molecular formula is C49H66Br2N10O3Y-2. The number of hydrogen-bond acceptors (Lipinski definition) is 7. The smallest absolute Gasteiger partial charge is 0.327 e. The largest absolute Gasteiger partial charge is 0.485 e. The Morgan fingerprint density at radius 3 is 2.03 bits per heavy atom. The number of benzene rings is 2. The zero-order chi connectivity index (χ0) is 46.2. The number of likely N-dealkylation sites (tertiary alicyclic amines) is 1. The van der Waals surface area contributed by atoms with E-state index in [1.54, 1.807) is 20.2 Å². The topological polar surface area (TPSA) is 140 Å². The Morgan fingerprint density at radius 2 is 1.42 bits per heavy atom. The summed E-state index contributed by atoms with van der Waals surface area (Å²) in [4.78, 5) is 55.9. The number of aromatic nitrogens is 6. The first-order valence-electron chi connectivity index (χ1n) is 21.4. The molecule has 2 amide bonds. The second-order valence-corrected chi connectivity index (χ2v) is 19.0. The molecule has 1 radical (unpaired) electrons. The molecule has 0 unspecified atom stereocenters. The molecule has 13 nitrogen and oxygen atoms in total. The summed E-state index contributed by atoms with van der Waals surface area (Å²) in [6, 6.07) is 22.9. The van der Waals surface area contributed by atoms with Gasteiger partial charge in [0.05, 0.1) is 21.0 Å². The minimum Gasteiger partial charge on any atom is -0.485 e. The quantitative estimate of drug-likeness (QED) is 0.0857. The van der Waals surface area contributed by atoms with Crippen LogP contribution in [0.5, 0.6) is 0 Å². The van der Waals surface area contributed by atoms with Crippen LogP contribution in [0.2, 0.25) is 0 Å². The fourth-order valence-corrected chi connectivity index (χ4v) is 8.44. The third kappa shape index (κ3) is 13.8. The molecule has 65 heavy (non-hydrogen) atoms. The maximum Gasteiger partial charge on any atom is 0.327 e. The van der Waals surface area contributed by atoms with Crippen LogP contribution in [0.3, 0.4) is 0 Å². The Kier molecular flexibility index (Phi) is 21.0. The third-order valence-electron chi connectivity index (χ3n) is 11.1. The van der Waals surface area contributed by atoms with E-state index in [1.807, 2.05) is 94.2 Å². The number of urea groups is 1. The van der Waals surface area contributed by atoms with E-state index < -0.39 is 0 Å². The van der Waals surface area contributed by atoms with E-state index >= 15 is 0 Å². The molecule has 0 atom stereocenters. The maximum atomic E-state index is 12.4. The number of amides is 2. The van der Waals surface area contributed by atoms with E-state index in [2.05, 4.69) is 122 Å². The predicted octanol–water partition coefficient (Wildman–Crippen LogP) is 11.1. The van der Waals surface area contributed by atoms with Gasteiger partial charge >= 0.3 is 17.4 Å². The number of pyridine rings is 2. The van der Waals surface area contributed by atoms with Crippen molar-refractivity contribution in [2.75, 3.05) is 36.9 Å². The van der Waals surface area contributed by atoms with Gasteiger partial charge in [-0.05, 0) is 144 Å². The number of halogens is 2. The van der Waals surface area contributed by atoms with Gasteiger partial charge in [0.15, 0.2) is 5.65 Å². The summed E-state index contributed by atoms with van der Waals surface area (Å²) in [6.07, 6.45) is 7.66. The molecule has 0 aliphatic carbocycles. The third-order valence-corrected chi connectivity index (χ3v) is 12.8. The molecule has 16 heteroatoms. The van der Waals surface area contributed by atoms with Gasteiger partial charge in [-0.15, -0.1) is 11.6 Å². The van der Waals surface area contributed by atoms with Crippen LogP contribution in [0.15, 0.2) is 98.2 Å². The number of piperidine rings is 1. The van der Waals surface area contributed by atoms with Crippen molar-refractivity contribution in [2.45, 2.75) is 113 Å². The monoisotopic (exact) mass is 1090 g/mol. The number of nitrogens with zero attached hydrogens (tertiary/aromatic N) is 7. The number of fused-ring (bicyclic) bond motifs is 3. The standard InChI is InChI=1S/C15H21N3.C14H20N2O.C10H12N2O.C9H9Br2N3O.CH4.Y/c1-4-16-15-14(6-5-9-17-15)13-7-10-18(11-8-13)12(2)3;1-14(2,3)16-10-9-11-7-5-6-8-12(11)15(4)13(16)17;1-7(2)12-9-6-4-3-5-8(9)11-10(12)13;1-4(2)14-6-3-5(10)7(11)12-8(6)13-9(14)15;;/h5-6,9,12H,1,7-8,10-11H2,2-3H3,(H,16,17);5-8H,9-10H2,1-4H3;3-7H,1-2H3,(H,11,13);3-4H,1-2H3,(H,12,13,15);1H4;/q-2;;;;;. The number of nitrogens with one attached hydrogen (secondary N) is 3. The van der Waals surface area contributed by atoms with Crippen LogP contribution in [0.4, 0.5) is 16.3 Å². The second-order valence-electron chi connectivity index (χ2n) is 17.4. The first kappa shape index (κ1) is 55.3. The van der Waals surface area contributed by atoms with Gasteiger partial charge in [0, 0.05) is 87.7 Å². The van der Waals surface area contributed by atoms with Crippen molar-refractivity contribution in [2.24, 2.45) is 0 Å². The van der Waals surface area contributed by atoms with Gasteiger partial charge < -0.3 is 25.1 Å². The van der Waals surface area contributed by atoms with Gasteiger partial charge in [-0.3, -0.25) is 19.0 Å². The number of carbonyl (C=O) groups excluding carboxylic acids is 1. The van der Waals surface area contributed by atoms with E-state index in [-0.39, 0.29) is 75.2 Å². The molecular weight excluding hydrogens is 1030 g/mol. The van der Waals surface area contributed by atoms with Crippen LogP contribution in [0.1, 0.15) is 106 Å². The zero-order valence-electron chi connectivity index (χ0n) is 38.8. The normalized spacial score (nSPS) is 14.0. The van der Waals surface area contributed by atoms with E-state index in [0.717, 1.165) is 71.4 Å². The molecule has 8 rings (SSSR count). The van der Waals surface area contributed by atoms with Crippen LogP contribution in [-0.2, 0) is 39.1 Å². The molecule has 0 bridgehead atoms. The van der Waals surface area contributed by atoms with Crippen molar-refractivity contribution in [1.29, 1.82) is 0 Å². The molecule has 3 N–H and O–H groups in total. The molecule has 1 saturated heterocycles. The number of hydrogen-bond donors (Lipinski definition) is 3. The molecule has 6 heterocycles. The summed E-state index contributed by atoms with van der Waals surface area (Å²) >= 11 is 6.67. The van der Waals surface area contributed by atoms with Crippen molar-refractivity contribution < 1.29 is 37.5 Å². The maximum absolute atomic E-state index is 12.4. The van der Waals surface area contributed by atoms with Gasteiger partial charge in [0.25, 0.3) is 0 Å². The van der Waals surface area contributed by atoms with Crippen molar-refractivity contribution in [1.82, 2.24) is 38.9 Å². The van der Waals surface area contributed by atoms with Crippen LogP contribution in [0, 0.1) is 12.1 Å². The van der Waals surface area contributed by atoms with Gasteiger partial charge in [-0.2, -0.15) is 24.8 Å². The average molecular weight is 1090 g/mol. The Morgan fingerprint density at radius 1 is 0.815 bits per heavy atom. The Balaban J connectivity index is 0.000000229. The van der Waals surface area contributed by atoms with E-state index in [4.69, 9.17) is 0 Å². The predicted molar refractivity (Wildman–Crippen MR) is 271 cm³/mol. The molecule has 2 aromatic carbocycles. The summed E-state index contributed by atoms with van der Waals surface area (Å²) < 4.78 is 4.96. The summed E-state index contributed by atoms with van der Waals surface area (Å²) in [5, 5.41) is 3.00. The number of rotatable bonds is 6. The number of aromatic amines is 2. The van der Waals surface area contributed by atoms with E-state index in [0.29, 0.717) is 16.3 Å². The average Bonchev–Trinajstić information content (AvgIpc) is 3.71. The Bertz CT molecular complexity index is 2600. The minimum absolute atomic E-state index is 0. The minimum atomic E-state index is -0.132. The summed E-state index contributed by atoms with van der Waals surface area (Å²) in [5.74, 6) is 2.36. The Labute approximate surface area is 427 Å². The van der Waals surface area contributed by atoms with Crippen molar-refractivity contribution >= 4 is 71.6 Å². The van der Waals surface area contributed by atoms with Crippen molar-refractivity contribution in [3.05, 3.63) is 133 Å². The van der Waals surface area contributed by atoms with Gasteiger partial charge in [-0.25, -0.2) is 19.4 Å². The number of imidazole rings is 2. The van der Waals surface area contributed by atoms with Gasteiger partial charge in [0.2, 0.25) is 0 Å². The van der Waals surface area contributed by atoms with E-state index in [9.17, 15) is 14.4 Å². The molecule has 6 aromatic rings. The van der Waals surface area contributed by atoms with E-state index in [1.165, 1.54) is 17.0 Å². The zero-order valence-corrected chi connectivity index (χ0v) is 44.8. The second kappa shape index (κ2) is 24.7. The molecule has 1 fully saturated rings. The van der Waals surface area contributed by atoms with Crippen LogP contribution in [0.25, 0.3) is 22.2 Å². The fraction of sp³-hybridized carbons (Fsp3) is 0.429. The number of carbonyl (C=O) groups is 1. The Hall–Kier alpha value is -4.02. The number of H-pyrrole nitrogens is 2. The van der Waals surface area contributed by atoms with Crippen molar-refractivity contribution in [3.63, 3.8) is 0 Å². The number of para-hydroxylation sites is 3. The summed E-state index contributed by atoms with van der Waals surface area (Å²) in [7, 11) is 1.85. The summed E-state index contributed by atoms with van der Waals surface area (Å²) in [6.45, 7) is 25.3. The molecule has 4 aromatic heterocycles.